The monoisotopic (exact) mass is 651 g/mol. The lowest BCUT2D eigenvalue weighted by Crippen LogP contribution is -2.54. The Bertz CT molecular complexity index is 1330. The quantitative estimate of drug-likeness (QED) is 0.157. The Morgan fingerprint density at radius 2 is 1.40 bits per heavy atom. The first kappa shape index (κ1) is 39.3. The fourth-order valence-corrected chi connectivity index (χ4v) is 5.12. The van der Waals surface area contributed by atoms with Gasteiger partial charge in [-0.3, -0.25) is 9.59 Å². The second kappa shape index (κ2) is 17.9. The van der Waals surface area contributed by atoms with E-state index in [0.717, 1.165) is 42.4 Å². The van der Waals surface area contributed by atoms with Gasteiger partial charge in [0.2, 0.25) is 11.8 Å². The maximum absolute atomic E-state index is 14.5. The number of amides is 3. The van der Waals surface area contributed by atoms with E-state index in [1.807, 2.05) is 62.4 Å². The van der Waals surface area contributed by atoms with Crippen LogP contribution in [0.1, 0.15) is 116 Å². The third kappa shape index (κ3) is 13.8. The van der Waals surface area contributed by atoms with Gasteiger partial charge in [0.1, 0.15) is 29.3 Å². The summed E-state index contributed by atoms with van der Waals surface area (Å²) in [5.74, 6) is -1.50. The molecule has 0 aromatic heterocycles. The van der Waals surface area contributed by atoms with Gasteiger partial charge in [0.15, 0.2) is 0 Å². The van der Waals surface area contributed by atoms with Crippen LogP contribution >= 0.6 is 0 Å². The normalized spacial score (nSPS) is 13.6. The fraction of sp³-hybridized carbons (Fsp3) is 0.579. The second-order valence-electron chi connectivity index (χ2n) is 14.3. The first-order chi connectivity index (χ1) is 21.9. The molecule has 3 unspecified atom stereocenters. The molecule has 260 valence electrons. The van der Waals surface area contributed by atoms with Gasteiger partial charge >= 0.3 is 12.1 Å². The number of nitrogens with one attached hydrogen (secondary N) is 2. The van der Waals surface area contributed by atoms with Crippen LogP contribution in [-0.4, -0.2) is 58.6 Å². The lowest BCUT2D eigenvalue weighted by molar-refractivity contribution is -0.159. The molecular formula is C38H57N3O6. The predicted molar refractivity (Wildman–Crippen MR) is 186 cm³/mol. The number of hydrogen-bond acceptors (Lipinski definition) is 6. The van der Waals surface area contributed by atoms with Gasteiger partial charge in [-0.05, 0) is 91.0 Å². The van der Waals surface area contributed by atoms with E-state index in [1.165, 1.54) is 4.90 Å². The second-order valence-corrected chi connectivity index (χ2v) is 14.3. The smallest absolute Gasteiger partial charge is 0.408 e. The average Bonchev–Trinajstić information content (AvgIpc) is 2.96. The highest BCUT2D eigenvalue weighted by Crippen LogP contribution is 2.26. The number of esters is 1. The Hall–Kier alpha value is -3.88. The number of carbonyl (C=O) groups is 4. The summed E-state index contributed by atoms with van der Waals surface area (Å²) in [5, 5.41) is 5.61. The number of benzene rings is 2. The average molecular weight is 652 g/mol. The molecule has 3 atom stereocenters. The summed E-state index contributed by atoms with van der Waals surface area (Å²) in [6, 6.07) is 12.0. The molecule has 3 amide bonds. The van der Waals surface area contributed by atoms with Crippen LogP contribution < -0.4 is 10.6 Å². The van der Waals surface area contributed by atoms with Crippen molar-refractivity contribution in [2.45, 2.75) is 137 Å². The summed E-state index contributed by atoms with van der Waals surface area (Å²) in [6.07, 6.45) is 4.18. The van der Waals surface area contributed by atoms with E-state index >= 15 is 0 Å². The van der Waals surface area contributed by atoms with E-state index in [-0.39, 0.29) is 13.0 Å². The summed E-state index contributed by atoms with van der Waals surface area (Å²) >= 11 is 0. The zero-order chi connectivity index (χ0) is 35.4. The minimum absolute atomic E-state index is 0.211. The molecule has 0 aliphatic heterocycles. The minimum Gasteiger partial charge on any atom is -0.458 e. The summed E-state index contributed by atoms with van der Waals surface area (Å²) < 4.78 is 11.1. The van der Waals surface area contributed by atoms with E-state index < -0.39 is 53.2 Å². The van der Waals surface area contributed by atoms with Gasteiger partial charge in [-0.2, -0.15) is 0 Å². The molecule has 2 aromatic carbocycles. The number of unbranched alkanes of at least 4 members (excludes halogenated alkanes) is 4. The number of nitrogens with zero attached hydrogens (tertiary/aromatic N) is 1. The van der Waals surface area contributed by atoms with Gasteiger partial charge < -0.3 is 25.0 Å². The van der Waals surface area contributed by atoms with Gasteiger partial charge in [0.25, 0.3) is 0 Å². The standard InChI is InChI=1S/C38H57N3O6/c1-11-12-13-14-18-23-41(34(43)28(4)39-36(45)47-38(8,9)10)32(30-22-21-26(2)27(3)24-30)33(42)40-31(35(44)46-37(5,6)7)25-29-19-16-15-17-20-29/h15-17,19-22,24,28,31-32H,11-14,18,23,25H2,1-10H3,(H,39,45)(H,40,42). The molecule has 0 fully saturated rings. The van der Waals surface area contributed by atoms with Crippen molar-refractivity contribution < 1.29 is 28.7 Å². The highest BCUT2D eigenvalue weighted by atomic mass is 16.6. The zero-order valence-electron chi connectivity index (χ0n) is 30.2. The van der Waals surface area contributed by atoms with Crippen molar-refractivity contribution in [3.05, 3.63) is 70.8 Å². The van der Waals surface area contributed by atoms with Crippen LogP contribution in [0.4, 0.5) is 4.79 Å². The van der Waals surface area contributed by atoms with E-state index in [1.54, 1.807) is 48.5 Å². The van der Waals surface area contributed by atoms with Crippen molar-refractivity contribution in [1.29, 1.82) is 0 Å². The third-order valence-electron chi connectivity index (χ3n) is 7.59. The maximum Gasteiger partial charge on any atom is 0.408 e. The Balaban J connectivity index is 2.57. The topological polar surface area (TPSA) is 114 Å². The summed E-state index contributed by atoms with van der Waals surface area (Å²) in [4.78, 5) is 56.4. The molecule has 2 N–H and O–H groups in total. The van der Waals surface area contributed by atoms with Crippen molar-refractivity contribution >= 4 is 23.9 Å². The van der Waals surface area contributed by atoms with Crippen molar-refractivity contribution in [3.8, 4) is 0 Å². The highest BCUT2D eigenvalue weighted by molar-refractivity contribution is 5.94. The molecule has 0 saturated heterocycles. The number of alkyl carbamates (subject to hydrolysis) is 1. The lowest BCUT2D eigenvalue weighted by Gasteiger charge is -2.35. The van der Waals surface area contributed by atoms with Gasteiger partial charge in [-0.25, -0.2) is 9.59 Å². The molecule has 0 radical (unpaired) electrons. The largest absolute Gasteiger partial charge is 0.458 e. The molecule has 9 heteroatoms. The van der Waals surface area contributed by atoms with E-state index in [4.69, 9.17) is 9.47 Å². The minimum atomic E-state index is -1.07. The van der Waals surface area contributed by atoms with Crippen molar-refractivity contribution in [2.24, 2.45) is 0 Å². The number of ether oxygens (including phenoxy) is 2. The van der Waals surface area contributed by atoms with E-state index in [9.17, 15) is 19.2 Å². The van der Waals surface area contributed by atoms with Gasteiger partial charge in [-0.1, -0.05) is 81.1 Å². The van der Waals surface area contributed by atoms with Crippen molar-refractivity contribution in [2.75, 3.05) is 6.54 Å². The fourth-order valence-electron chi connectivity index (χ4n) is 5.12. The van der Waals surface area contributed by atoms with E-state index in [2.05, 4.69) is 17.6 Å². The van der Waals surface area contributed by atoms with Crippen LogP contribution in [-0.2, 0) is 30.3 Å². The molecule has 9 nitrogen and oxygen atoms in total. The van der Waals surface area contributed by atoms with Crippen LogP contribution in [0, 0.1) is 13.8 Å². The van der Waals surface area contributed by atoms with Crippen LogP contribution in [0.25, 0.3) is 0 Å². The maximum atomic E-state index is 14.5. The summed E-state index contributed by atoms with van der Waals surface area (Å²) in [5.41, 5.74) is 1.95. The third-order valence-corrected chi connectivity index (χ3v) is 7.59. The Morgan fingerprint density at radius 3 is 1.98 bits per heavy atom. The molecule has 2 aromatic rings. The van der Waals surface area contributed by atoms with E-state index in [0.29, 0.717) is 12.0 Å². The summed E-state index contributed by atoms with van der Waals surface area (Å²) in [6.45, 7) is 18.5. The Labute approximate surface area is 282 Å². The van der Waals surface area contributed by atoms with Crippen LogP contribution in [0.15, 0.2) is 48.5 Å². The Morgan fingerprint density at radius 1 is 0.787 bits per heavy atom. The van der Waals surface area contributed by atoms with Gasteiger partial charge in [0, 0.05) is 13.0 Å². The molecule has 0 aliphatic rings. The summed E-state index contributed by atoms with van der Waals surface area (Å²) in [7, 11) is 0. The molecule has 0 aliphatic carbocycles. The van der Waals surface area contributed by atoms with Crippen molar-refractivity contribution in [1.82, 2.24) is 15.5 Å². The van der Waals surface area contributed by atoms with Crippen LogP contribution in [0.3, 0.4) is 0 Å². The lowest BCUT2D eigenvalue weighted by atomic mass is 9.97. The molecule has 2 rings (SSSR count). The van der Waals surface area contributed by atoms with Crippen molar-refractivity contribution in [3.63, 3.8) is 0 Å². The van der Waals surface area contributed by atoms with Gasteiger partial charge in [-0.15, -0.1) is 0 Å². The first-order valence-electron chi connectivity index (χ1n) is 16.9. The highest BCUT2D eigenvalue weighted by Gasteiger charge is 2.37. The van der Waals surface area contributed by atoms with Crippen LogP contribution in [0.2, 0.25) is 0 Å². The Kier molecular flexibility index (Phi) is 14.9. The number of carbonyl (C=O) groups excluding carboxylic acids is 4. The number of aryl methyl sites for hydroxylation is 2. The van der Waals surface area contributed by atoms with Gasteiger partial charge in [0.05, 0.1) is 0 Å². The molecular weight excluding hydrogens is 594 g/mol. The predicted octanol–water partition coefficient (Wildman–Crippen LogP) is 7.13. The molecule has 0 bridgehead atoms. The number of rotatable bonds is 15. The first-order valence-corrected chi connectivity index (χ1v) is 16.9. The molecule has 0 saturated carbocycles. The molecule has 0 spiro atoms. The zero-order valence-corrected chi connectivity index (χ0v) is 30.2. The number of hydrogen-bond donors (Lipinski definition) is 2. The molecule has 47 heavy (non-hydrogen) atoms. The molecule has 0 heterocycles. The van der Waals surface area contributed by atoms with Crippen LogP contribution in [0.5, 0.6) is 0 Å². The SMILES string of the molecule is CCCCCCCN(C(=O)C(C)NC(=O)OC(C)(C)C)C(C(=O)NC(Cc1ccccc1)C(=O)OC(C)(C)C)c1ccc(C)c(C)c1.